The van der Waals surface area contributed by atoms with Crippen LogP contribution in [0.3, 0.4) is 0 Å². The molecule has 0 aliphatic carbocycles. The molecule has 0 saturated carbocycles. The maximum Gasteiger partial charge on any atom is 0.255 e. The summed E-state index contributed by atoms with van der Waals surface area (Å²) in [6.45, 7) is 0. The average molecular weight is 245 g/mol. The highest BCUT2D eigenvalue weighted by Crippen LogP contribution is 2.14. The molecule has 0 fully saturated rings. The van der Waals surface area contributed by atoms with Gasteiger partial charge in [0.15, 0.2) is 0 Å². The summed E-state index contributed by atoms with van der Waals surface area (Å²) in [6.07, 6.45) is 1.26. The van der Waals surface area contributed by atoms with E-state index < -0.39 is 5.24 Å². The predicted octanol–water partition coefficient (Wildman–Crippen LogP) is 2.09. The number of hydrogen-bond acceptors (Lipinski definition) is 3. The van der Waals surface area contributed by atoms with Gasteiger partial charge in [0.25, 0.3) is 5.24 Å². The highest BCUT2D eigenvalue weighted by molar-refractivity contribution is 9.10. The Morgan fingerprint density at radius 2 is 2.42 bits per heavy atom. The van der Waals surface area contributed by atoms with E-state index >= 15 is 0 Å². The molecule has 0 unspecified atom stereocenters. The van der Waals surface area contributed by atoms with E-state index in [-0.39, 0.29) is 11.1 Å². The van der Waals surface area contributed by atoms with E-state index in [1.165, 1.54) is 12.3 Å². The van der Waals surface area contributed by atoms with Crippen molar-refractivity contribution < 1.29 is 4.79 Å². The number of rotatable bonds is 1. The molecule has 1 rings (SSSR count). The molecule has 5 heteroatoms. The number of aromatic nitrogens is 1. The van der Waals surface area contributed by atoms with E-state index in [2.05, 4.69) is 20.9 Å². The summed E-state index contributed by atoms with van der Waals surface area (Å²) >= 11 is 8.26. The topological polar surface area (TPSA) is 53.8 Å². The van der Waals surface area contributed by atoms with Crippen molar-refractivity contribution in [2.24, 2.45) is 0 Å². The van der Waals surface area contributed by atoms with Gasteiger partial charge < -0.3 is 0 Å². The van der Waals surface area contributed by atoms with E-state index in [1.807, 2.05) is 6.07 Å². The van der Waals surface area contributed by atoms with Crippen LogP contribution in [0.25, 0.3) is 0 Å². The van der Waals surface area contributed by atoms with Crippen LogP contribution in [0.4, 0.5) is 0 Å². The Balaban J connectivity index is 3.32. The lowest BCUT2D eigenvalue weighted by molar-refractivity contribution is 0.108. The van der Waals surface area contributed by atoms with E-state index in [0.717, 1.165) is 0 Å². The van der Waals surface area contributed by atoms with Gasteiger partial charge in [0, 0.05) is 6.20 Å². The molecule has 1 aromatic rings. The minimum Gasteiger partial charge on any atom is -0.275 e. The fourth-order valence-corrected chi connectivity index (χ4v) is 1.16. The Kier molecular flexibility index (Phi) is 2.79. The molecular formula is C7H2BrClN2O. The van der Waals surface area contributed by atoms with Crippen molar-refractivity contribution in [1.82, 2.24) is 4.98 Å². The van der Waals surface area contributed by atoms with Crippen LogP contribution < -0.4 is 0 Å². The van der Waals surface area contributed by atoms with Crippen LogP contribution in [-0.4, -0.2) is 10.2 Å². The van der Waals surface area contributed by atoms with Crippen LogP contribution in [0.1, 0.15) is 15.9 Å². The third-order valence-corrected chi connectivity index (χ3v) is 1.84. The Labute approximate surface area is 82.1 Å². The molecule has 0 aromatic carbocycles. The number of nitriles is 1. The van der Waals surface area contributed by atoms with Crippen LogP contribution >= 0.6 is 27.5 Å². The molecular weight excluding hydrogens is 243 g/mol. The number of carbonyl (C=O) groups excluding carboxylic acids is 1. The molecule has 0 spiro atoms. The van der Waals surface area contributed by atoms with E-state index in [0.29, 0.717) is 4.60 Å². The van der Waals surface area contributed by atoms with E-state index in [4.69, 9.17) is 16.9 Å². The first kappa shape index (κ1) is 9.17. The lowest BCUT2D eigenvalue weighted by atomic mass is 10.2. The normalized spacial score (nSPS) is 9.08. The second-order valence-corrected chi connectivity index (χ2v) is 3.09. The number of carbonyl (C=O) groups is 1. The monoisotopic (exact) mass is 244 g/mol. The standard InChI is InChI=1S/C7H2BrClN2O/c8-6-1-4(2-10)5(3-11-6)7(9)12/h1,3H. The largest absolute Gasteiger partial charge is 0.275 e. The van der Waals surface area contributed by atoms with Crippen molar-refractivity contribution in [3.05, 3.63) is 28.0 Å². The molecule has 0 atom stereocenters. The van der Waals surface area contributed by atoms with Gasteiger partial charge in [0.1, 0.15) is 10.7 Å². The summed E-state index contributed by atoms with van der Waals surface area (Å²) < 4.78 is 0.501. The van der Waals surface area contributed by atoms with Crippen molar-refractivity contribution >= 4 is 32.8 Å². The van der Waals surface area contributed by atoms with Crippen molar-refractivity contribution in [3.8, 4) is 6.07 Å². The fourth-order valence-electron chi connectivity index (χ4n) is 0.679. The first-order valence-corrected chi connectivity index (χ1v) is 4.07. The van der Waals surface area contributed by atoms with Crippen LogP contribution in [0.2, 0.25) is 0 Å². The molecule has 0 bridgehead atoms. The van der Waals surface area contributed by atoms with Crippen molar-refractivity contribution in [2.45, 2.75) is 0 Å². The lowest BCUT2D eigenvalue weighted by Crippen LogP contribution is -1.95. The van der Waals surface area contributed by atoms with Gasteiger partial charge in [-0.15, -0.1) is 0 Å². The van der Waals surface area contributed by atoms with E-state index in [9.17, 15) is 4.79 Å². The summed E-state index contributed by atoms with van der Waals surface area (Å²) in [6, 6.07) is 3.28. The summed E-state index contributed by atoms with van der Waals surface area (Å²) in [7, 11) is 0. The van der Waals surface area contributed by atoms with Gasteiger partial charge in [-0.1, -0.05) is 0 Å². The van der Waals surface area contributed by atoms with Gasteiger partial charge in [0.2, 0.25) is 0 Å². The van der Waals surface area contributed by atoms with E-state index in [1.54, 1.807) is 0 Å². The van der Waals surface area contributed by atoms with Crippen LogP contribution in [0, 0.1) is 11.3 Å². The van der Waals surface area contributed by atoms with Crippen molar-refractivity contribution in [1.29, 1.82) is 5.26 Å². The Morgan fingerprint density at radius 3 is 2.92 bits per heavy atom. The highest BCUT2D eigenvalue weighted by atomic mass is 79.9. The number of hydrogen-bond donors (Lipinski definition) is 0. The van der Waals surface area contributed by atoms with Gasteiger partial charge >= 0.3 is 0 Å². The molecule has 0 N–H and O–H groups in total. The summed E-state index contributed by atoms with van der Waals surface area (Å²) in [5, 5.41) is 7.91. The molecule has 60 valence electrons. The fraction of sp³-hybridized carbons (Fsp3) is 0. The third-order valence-electron chi connectivity index (χ3n) is 1.20. The molecule has 0 saturated heterocycles. The zero-order chi connectivity index (χ0) is 9.14. The minimum atomic E-state index is -0.674. The second-order valence-electron chi connectivity index (χ2n) is 1.94. The zero-order valence-corrected chi connectivity index (χ0v) is 8.06. The maximum absolute atomic E-state index is 10.7. The highest BCUT2D eigenvalue weighted by Gasteiger charge is 2.09. The SMILES string of the molecule is N#Cc1cc(Br)ncc1C(=O)Cl. The van der Waals surface area contributed by atoms with Crippen LogP contribution in [0.5, 0.6) is 0 Å². The van der Waals surface area contributed by atoms with Gasteiger partial charge in [-0.3, -0.25) is 4.79 Å². The average Bonchev–Trinajstić information content (AvgIpc) is 2.03. The quantitative estimate of drug-likeness (QED) is 0.562. The summed E-state index contributed by atoms with van der Waals surface area (Å²) in [5.74, 6) is 0. The Bertz CT molecular complexity index is 372. The molecule has 0 radical (unpaired) electrons. The number of halogens is 2. The smallest absolute Gasteiger partial charge is 0.255 e. The first-order valence-electron chi connectivity index (χ1n) is 2.90. The van der Waals surface area contributed by atoms with Crippen LogP contribution in [-0.2, 0) is 0 Å². The molecule has 1 aromatic heterocycles. The molecule has 0 aliphatic heterocycles. The Morgan fingerprint density at radius 1 is 1.75 bits per heavy atom. The summed E-state index contributed by atoms with van der Waals surface area (Å²) in [5.41, 5.74) is 0.347. The Hall–Kier alpha value is -0.920. The van der Waals surface area contributed by atoms with Gasteiger partial charge in [-0.05, 0) is 33.6 Å². The number of nitrogens with zero attached hydrogens (tertiary/aromatic N) is 2. The maximum atomic E-state index is 10.7. The lowest BCUT2D eigenvalue weighted by Gasteiger charge is -1.96. The third kappa shape index (κ3) is 1.81. The molecule has 0 aliphatic rings. The van der Waals surface area contributed by atoms with Gasteiger partial charge in [-0.25, -0.2) is 4.98 Å². The summed E-state index contributed by atoms with van der Waals surface area (Å²) in [4.78, 5) is 14.5. The molecule has 1 heterocycles. The molecule has 12 heavy (non-hydrogen) atoms. The van der Waals surface area contributed by atoms with Gasteiger partial charge in [-0.2, -0.15) is 5.26 Å². The molecule has 3 nitrogen and oxygen atoms in total. The second kappa shape index (κ2) is 3.65. The number of pyridine rings is 1. The van der Waals surface area contributed by atoms with Crippen molar-refractivity contribution in [2.75, 3.05) is 0 Å². The van der Waals surface area contributed by atoms with Crippen LogP contribution in [0.15, 0.2) is 16.9 Å². The van der Waals surface area contributed by atoms with Gasteiger partial charge in [0.05, 0.1) is 11.1 Å². The van der Waals surface area contributed by atoms with Crippen molar-refractivity contribution in [3.63, 3.8) is 0 Å². The zero-order valence-electron chi connectivity index (χ0n) is 5.71. The first-order chi connectivity index (χ1) is 5.65. The predicted molar refractivity (Wildman–Crippen MR) is 46.8 cm³/mol. The molecule has 0 amide bonds. The minimum absolute atomic E-state index is 0.127.